The third kappa shape index (κ3) is 5.75. The summed E-state index contributed by atoms with van der Waals surface area (Å²) in [5.74, 6) is 0.897. The van der Waals surface area contributed by atoms with Crippen molar-refractivity contribution in [1.29, 1.82) is 0 Å². The summed E-state index contributed by atoms with van der Waals surface area (Å²) >= 11 is 0. The monoisotopic (exact) mass is 463 g/mol. The number of halogens is 1. The van der Waals surface area contributed by atoms with Crippen molar-refractivity contribution in [3.8, 4) is 23.0 Å². The number of carbonyl (C=O) groups excluding carboxylic acids is 1. The molecule has 0 amide bonds. The van der Waals surface area contributed by atoms with Crippen LogP contribution < -0.4 is 24.3 Å². The first-order valence-electron chi connectivity index (χ1n) is 10.4. The molecule has 6 nitrogen and oxygen atoms in total. The third-order valence-corrected chi connectivity index (χ3v) is 5.00. The van der Waals surface area contributed by atoms with Crippen LogP contribution in [0.3, 0.4) is 0 Å². The highest BCUT2D eigenvalue weighted by Gasteiger charge is 2.13. The summed E-state index contributed by atoms with van der Waals surface area (Å²) in [6, 6.07) is 15.3. The maximum atomic E-state index is 14.4. The number of methoxy groups -OCH3 is 4. The van der Waals surface area contributed by atoms with Crippen molar-refractivity contribution in [1.82, 2.24) is 0 Å². The van der Waals surface area contributed by atoms with Gasteiger partial charge in [-0.1, -0.05) is 42.5 Å². The Morgan fingerprint density at radius 2 is 1.47 bits per heavy atom. The largest absolute Gasteiger partial charge is 0.494 e. The number of nitrogens with one attached hydrogen (secondary N) is 1. The smallest absolute Gasteiger partial charge is 0.203 e. The van der Waals surface area contributed by atoms with Crippen LogP contribution in [0.25, 0.3) is 12.2 Å². The minimum atomic E-state index is -0.512. The van der Waals surface area contributed by atoms with Crippen molar-refractivity contribution >= 4 is 23.6 Å². The molecule has 0 atom stereocenters. The first-order valence-corrected chi connectivity index (χ1v) is 10.4. The maximum Gasteiger partial charge on any atom is 0.203 e. The summed E-state index contributed by atoms with van der Waals surface area (Å²) < 4.78 is 35.7. The van der Waals surface area contributed by atoms with Crippen molar-refractivity contribution in [2.45, 2.75) is 0 Å². The fraction of sp³-hybridized carbons (Fsp3) is 0.148. The Morgan fingerprint density at radius 1 is 0.824 bits per heavy atom. The number of benzene rings is 3. The molecule has 0 bridgehead atoms. The Kier molecular flexibility index (Phi) is 8.29. The fourth-order valence-electron chi connectivity index (χ4n) is 3.28. The van der Waals surface area contributed by atoms with Gasteiger partial charge in [0.25, 0.3) is 0 Å². The zero-order chi connectivity index (χ0) is 24.5. The van der Waals surface area contributed by atoms with Gasteiger partial charge in [-0.15, -0.1) is 0 Å². The van der Waals surface area contributed by atoms with Gasteiger partial charge in [-0.05, 0) is 23.8 Å². The molecule has 1 N–H and O–H groups in total. The number of rotatable bonds is 10. The molecule has 0 saturated carbocycles. The van der Waals surface area contributed by atoms with Crippen molar-refractivity contribution in [3.05, 3.63) is 89.4 Å². The summed E-state index contributed by atoms with van der Waals surface area (Å²) in [5, 5.41) is 3.05. The number of carbonyl (C=O) groups is 1. The molecule has 0 spiro atoms. The zero-order valence-electron chi connectivity index (χ0n) is 19.4. The fourth-order valence-corrected chi connectivity index (χ4v) is 3.28. The van der Waals surface area contributed by atoms with E-state index in [1.54, 1.807) is 48.6 Å². The number of ketones is 1. The minimum Gasteiger partial charge on any atom is -0.494 e. The van der Waals surface area contributed by atoms with Crippen molar-refractivity contribution < 1.29 is 28.1 Å². The van der Waals surface area contributed by atoms with Gasteiger partial charge < -0.3 is 24.3 Å². The number of hydrogen-bond donors (Lipinski definition) is 1. The molecule has 7 heteroatoms. The topological polar surface area (TPSA) is 66.0 Å². The van der Waals surface area contributed by atoms with Crippen LogP contribution in [0, 0.1) is 5.82 Å². The van der Waals surface area contributed by atoms with E-state index < -0.39 is 5.82 Å². The van der Waals surface area contributed by atoms with Gasteiger partial charge in [0.05, 0.1) is 28.4 Å². The second-order valence-corrected chi connectivity index (χ2v) is 7.07. The normalized spacial score (nSPS) is 11.0. The quantitative estimate of drug-likeness (QED) is 0.232. The molecule has 34 heavy (non-hydrogen) atoms. The van der Waals surface area contributed by atoms with E-state index in [1.165, 1.54) is 52.8 Å². The molecular weight excluding hydrogens is 437 g/mol. The van der Waals surface area contributed by atoms with E-state index in [-0.39, 0.29) is 11.5 Å². The summed E-state index contributed by atoms with van der Waals surface area (Å²) in [7, 11) is 6.00. The lowest BCUT2D eigenvalue weighted by atomic mass is 10.1. The highest BCUT2D eigenvalue weighted by atomic mass is 19.1. The number of hydrogen-bond acceptors (Lipinski definition) is 6. The Labute approximate surface area is 198 Å². The van der Waals surface area contributed by atoms with Crippen molar-refractivity contribution in [2.75, 3.05) is 33.8 Å². The van der Waals surface area contributed by atoms with Gasteiger partial charge in [0.15, 0.2) is 28.8 Å². The first-order chi connectivity index (χ1) is 16.5. The minimum absolute atomic E-state index is 0.0789. The first kappa shape index (κ1) is 24.4. The van der Waals surface area contributed by atoms with E-state index >= 15 is 0 Å². The summed E-state index contributed by atoms with van der Waals surface area (Å²) in [5.41, 5.74) is 2.43. The molecule has 0 aliphatic heterocycles. The number of allylic oxidation sites excluding steroid dienone is 1. The van der Waals surface area contributed by atoms with Gasteiger partial charge in [-0.25, -0.2) is 4.39 Å². The molecular formula is C27H26FNO5. The predicted molar refractivity (Wildman–Crippen MR) is 132 cm³/mol. The molecule has 0 aliphatic rings. The molecule has 3 aromatic carbocycles. The molecule has 0 unspecified atom stereocenters. The maximum absolute atomic E-state index is 14.4. The Morgan fingerprint density at radius 3 is 2.06 bits per heavy atom. The SMILES string of the molecule is COc1cc(N/C=C\C(=O)c2ccccc2)c(/C=C/c2cc(OC)c(OC)c(OC)c2)cc1F. The Balaban J connectivity index is 1.91. The average molecular weight is 464 g/mol. The standard InChI is InChI=1S/C27H26FNO5/c1-31-24-17-22(29-13-12-23(30)19-8-6-5-7-9-19)20(16-21(24)28)11-10-18-14-25(32-2)27(34-4)26(15-18)33-3/h5-17,29H,1-4H3/b11-10+,13-12-. The molecule has 0 aromatic heterocycles. The third-order valence-electron chi connectivity index (χ3n) is 5.00. The highest BCUT2D eigenvalue weighted by Crippen LogP contribution is 2.39. The van der Waals surface area contributed by atoms with Crippen LogP contribution in [-0.2, 0) is 0 Å². The lowest BCUT2D eigenvalue weighted by molar-refractivity contribution is 0.104. The van der Waals surface area contributed by atoms with Crippen LogP contribution >= 0.6 is 0 Å². The van der Waals surface area contributed by atoms with Crippen LogP contribution in [0.2, 0.25) is 0 Å². The molecule has 3 rings (SSSR count). The number of anilines is 1. The number of ether oxygens (including phenoxy) is 4. The molecule has 0 heterocycles. The van der Waals surface area contributed by atoms with Gasteiger partial charge in [0.1, 0.15) is 0 Å². The molecule has 3 aromatic rings. The highest BCUT2D eigenvalue weighted by molar-refractivity contribution is 6.04. The van der Waals surface area contributed by atoms with Crippen LogP contribution in [-0.4, -0.2) is 34.2 Å². The van der Waals surface area contributed by atoms with E-state index in [0.717, 1.165) is 5.56 Å². The lowest BCUT2D eigenvalue weighted by Crippen LogP contribution is -1.98. The average Bonchev–Trinajstić information content (AvgIpc) is 2.87. The van der Waals surface area contributed by atoms with Gasteiger partial charge in [0, 0.05) is 35.2 Å². The summed E-state index contributed by atoms with van der Waals surface area (Å²) in [6.07, 6.45) is 6.45. The van der Waals surface area contributed by atoms with Gasteiger partial charge in [-0.3, -0.25) is 4.79 Å². The van der Waals surface area contributed by atoms with E-state index in [1.807, 2.05) is 6.07 Å². The van der Waals surface area contributed by atoms with Crippen LogP contribution in [0.4, 0.5) is 10.1 Å². The zero-order valence-corrected chi connectivity index (χ0v) is 19.4. The predicted octanol–water partition coefficient (Wildman–Crippen LogP) is 5.84. The van der Waals surface area contributed by atoms with Gasteiger partial charge in [0.2, 0.25) is 5.75 Å². The Hall–Kier alpha value is -4.26. The van der Waals surface area contributed by atoms with Crippen LogP contribution in [0.5, 0.6) is 23.0 Å². The summed E-state index contributed by atoms with van der Waals surface area (Å²) in [4.78, 5) is 12.3. The van der Waals surface area contributed by atoms with Crippen LogP contribution in [0.1, 0.15) is 21.5 Å². The molecule has 0 saturated heterocycles. The van der Waals surface area contributed by atoms with Gasteiger partial charge >= 0.3 is 0 Å². The molecule has 0 radical (unpaired) electrons. The second-order valence-electron chi connectivity index (χ2n) is 7.07. The van der Waals surface area contributed by atoms with Crippen molar-refractivity contribution in [2.24, 2.45) is 0 Å². The molecule has 0 aliphatic carbocycles. The van der Waals surface area contributed by atoms with Crippen molar-refractivity contribution in [3.63, 3.8) is 0 Å². The van der Waals surface area contributed by atoms with E-state index in [0.29, 0.717) is 34.1 Å². The Bertz CT molecular complexity index is 1180. The molecule has 0 fully saturated rings. The lowest BCUT2D eigenvalue weighted by Gasteiger charge is -2.13. The summed E-state index contributed by atoms with van der Waals surface area (Å²) in [6.45, 7) is 0. The van der Waals surface area contributed by atoms with Gasteiger partial charge in [-0.2, -0.15) is 0 Å². The van der Waals surface area contributed by atoms with Crippen LogP contribution in [0.15, 0.2) is 66.9 Å². The molecule has 176 valence electrons. The van der Waals surface area contributed by atoms with E-state index in [9.17, 15) is 9.18 Å². The second kappa shape index (κ2) is 11.6. The van der Waals surface area contributed by atoms with E-state index in [2.05, 4.69) is 5.32 Å². The van der Waals surface area contributed by atoms with E-state index in [4.69, 9.17) is 18.9 Å².